The van der Waals surface area contributed by atoms with Gasteiger partial charge in [-0.2, -0.15) is 0 Å². The molecule has 5 nitrogen and oxygen atoms in total. The van der Waals surface area contributed by atoms with Crippen molar-refractivity contribution in [2.75, 3.05) is 13.1 Å². The number of aromatic amines is 1. The Kier molecular flexibility index (Phi) is 5.65. The maximum atomic E-state index is 12.4. The Morgan fingerprint density at radius 2 is 1.72 bits per heavy atom. The molecule has 5 heteroatoms. The molecule has 0 aliphatic rings. The first kappa shape index (κ1) is 20.3. The Labute approximate surface area is 187 Å². The second kappa shape index (κ2) is 8.89. The largest absolute Gasteiger partial charge is 0.351 e. The maximum Gasteiger partial charge on any atom is 0.267 e. The summed E-state index contributed by atoms with van der Waals surface area (Å²) >= 11 is 0. The van der Waals surface area contributed by atoms with Crippen molar-refractivity contribution in [3.05, 3.63) is 84.1 Å². The molecule has 3 aromatic carbocycles. The average molecular weight is 425 g/mol. The minimum Gasteiger partial charge on any atom is -0.351 e. The molecule has 5 rings (SSSR count). The second-order valence-electron chi connectivity index (χ2n) is 8.17. The first-order chi connectivity index (χ1) is 15.7. The molecular formula is C27H28N4O. The zero-order chi connectivity index (χ0) is 21.9. The van der Waals surface area contributed by atoms with Gasteiger partial charge in [0.2, 0.25) is 0 Å². The third kappa shape index (κ3) is 3.87. The van der Waals surface area contributed by atoms with Gasteiger partial charge in [0.1, 0.15) is 5.69 Å². The van der Waals surface area contributed by atoms with Crippen LogP contribution in [0.1, 0.15) is 29.4 Å². The van der Waals surface area contributed by atoms with E-state index in [1.54, 1.807) is 0 Å². The summed E-state index contributed by atoms with van der Waals surface area (Å²) in [4.78, 5) is 15.5. The Bertz CT molecular complexity index is 1360. The summed E-state index contributed by atoms with van der Waals surface area (Å²) in [5.74, 6) is -0.0565. The van der Waals surface area contributed by atoms with Gasteiger partial charge in [-0.25, -0.2) is 0 Å². The summed E-state index contributed by atoms with van der Waals surface area (Å²) in [6.07, 6.45) is 0.878. The van der Waals surface area contributed by atoms with Crippen molar-refractivity contribution in [3.8, 4) is 0 Å². The highest BCUT2D eigenvalue weighted by Crippen LogP contribution is 2.29. The molecule has 5 aromatic rings. The average Bonchev–Trinajstić information content (AvgIpc) is 3.40. The smallest absolute Gasteiger partial charge is 0.267 e. The van der Waals surface area contributed by atoms with Crippen LogP contribution in [0, 0.1) is 0 Å². The Morgan fingerprint density at radius 1 is 0.906 bits per heavy atom. The quantitative estimate of drug-likeness (QED) is 0.300. The number of nitrogens with one attached hydrogen (secondary N) is 3. The van der Waals surface area contributed by atoms with E-state index in [1.807, 2.05) is 30.3 Å². The van der Waals surface area contributed by atoms with Crippen molar-refractivity contribution < 1.29 is 4.79 Å². The van der Waals surface area contributed by atoms with Gasteiger partial charge in [0.15, 0.2) is 0 Å². The summed E-state index contributed by atoms with van der Waals surface area (Å²) in [5, 5.41) is 10.2. The number of carbonyl (C=O) groups is 1. The van der Waals surface area contributed by atoms with Crippen molar-refractivity contribution in [1.82, 2.24) is 20.2 Å². The van der Waals surface area contributed by atoms with Crippen molar-refractivity contribution in [3.63, 3.8) is 0 Å². The number of aryl methyl sites for hydroxylation is 1. The Balaban J connectivity index is 1.14. The molecule has 162 valence electrons. The van der Waals surface area contributed by atoms with Gasteiger partial charge in [0.05, 0.1) is 0 Å². The number of hydrogen-bond donors (Lipinski definition) is 3. The van der Waals surface area contributed by atoms with Crippen LogP contribution in [0.25, 0.3) is 32.7 Å². The summed E-state index contributed by atoms with van der Waals surface area (Å²) in [6.45, 7) is 5.47. The van der Waals surface area contributed by atoms with Crippen molar-refractivity contribution in [2.24, 2.45) is 0 Å². The molecule has 0 saturated carbocycles. The molecule has 0 radical (unpaired) electrons. The summed E-state index contributed by atoms with van der Waals surface area (Å²) < 4.78 is 2.37. The molecule has 2 aromatic heterocycles. The van der Waals surface area contributed by atoms with E-state index in [9.17, 15) is 4.79 Å². The van der Waals surface area contributed by atoms with Crippen LogP contribution < -0.4 is 10.6 Å². The van der Waals surface area contributed by atoms with Crippen molar-refractivity contribution in [2.45, 2.75) is 26.4 Å². The number of aromatic nitrogens is 2. The van der Waals surface area contributed by atoms with Gasteiger partial charge in [0.25, 0.3) is 5.91 Å². The number of fused-ring (bicyclic) bond motifs is 4. The lowest BCUT2D eigenvalue weighted by atomic mass is 10.1. The van der Waals surface area contributed by atoms with Crippen molar-refractivity contribution in [1.29, 1.82) is 0 Å². The molecule has 32 heavy (non-hydrogen) atoms. The van der Waals surface area contributed by atoms with Gasteiger partial charge in [-0.1, -0.05) is 42.5 Å². The fraction of sp³-hybridized carbons (Fsp3) is 0.222. The van der Waals surface area contributed by atoms with E-state index in [0.717, 1.165) is 37.0 Å². The van der Waals surface area contributed by atoms with Crippen LogP contribution in [0.5, 0.6) is 0 Å². The molecule has 0 unspecified atom stereocenters. The number of nitrogens with zero attached hydrogens (tertiary/aromatic N) is 1. The van der Waals surface area contributed by atoms with E-state index in [0.29, 0.717) is 12.2 Å². The number of para-hydroxylation sites is 2. The van der Waals surface area contributed by atoms with E-state index in [2.05, 4.69) is 69.6 Å². The first-order valence-electron chi connectivity index (χ1n) is 11.3. The van der Waals surface area contributed by atoms with E-state index >= 15 is 0 Å². The predicted octanol–water partition coefficient (Wildman–Crippen LogP) is 5.21. The van der Waals surface area contributed by atoms with Crippen LogP contribution in [0.4, 0.5) is 0 Å². The maximum absolute atomic E-state index is 12.4. The van der Waals surface area contributed by atoms with E-state index in [-0.39, 0.29) is 5.91 Å². The lowest BCUT2D eigenvalue weighted by Gasteiger charge is -2.07. The number of H-pyrrole nitrogens is 1. The third-order valence-electron chi connectivity index (χ3n) is 6.07. The molecule has 0 bridgehead atoms. The third-order valence-corrected chi connectivity index (χ3v) is 6.07. The summed E-state index contributed by atoms with van der Waals surface area (Å²) in [7, 11) is 0. The Morgan fingerprint density at radius 3 is 2.59 bits per heavy atom. The molecule has 0 fully saturated rings. The minimum absolute atomic E-state index is 0.0565. The van der Waals surface area contributed by atoms with Gasteiger partial charge in [-0.3, -0.25) is 4.79 Å². The number of hydrogen-bond acceptors (Lipinski definition) is 2. The summed E-state index contributed by atoms with van der Waals surface area (Å²) in [6, 6.07) is 25.2. The number of amides is 1. The molecule has 1 amide bonds. The van der Waals surface area contributed by atoms with Crippen LogP contribution in [0.15, 0.2) is 72.8 Å². The zero-order valence-corrected chi connectivity index (χ0v) is 18.3. The SMILES string of the molecule is CCn1c2ccccc2c2cc(CNCCCNC(=O)c3cc4ccccc4[nH]3)ccc21. The van der Waals surface area contributed by atoms with Gasteiger partial charge < -0.3 is 20.2 Å². The van der Waals surface area contributed by atoms with Crippen LogP contribution >= 0.6 is 0 Å². The number of carbonyl (C=O) groups excluding carboxylic acids is 1. The van der Waals surface area contributed by atoms with Gasteiger partial charge >= 0.3 is 0 Å². The minimum atomic E-state index is -0.0565. The van der Waals surface area contributed by atoms with Gasteiger partial charge in [0, 0.05) is 52.3 Å². The highest BCUT2D eigenvalue weighted by atomic mass is 16.1. The molecular weight excluding hydrogens is 396 g/mol. The highest BCUT2D eigenvalue weighted by Gasteiger charge is 2.10. The molecule has 0 aliphatic carbocycles. The van der Waals surface area contributed by atoms with E-state index < -0.39 is 0 Å². The predicted molar refractivity (Wildman–Crippen MR) is 132 cm³/mol. The first-order valence-corrected chi connectivity index (χ1v) is 11.3. The topological polar surface area (TPSA) is 61.9 Å². The highest BCUT2D eigenvalue weighted by molar-refractivity contribution is 6.08. The number of benzene rings is 3. The van der Waals surface area contributed by atoms with Gasteiger partial charge in [-0.15, -0.1) is 0 Å². The zero-order valence-electron chi connectivity index (χ0n) is 18.3. The van der Waals surface area contributed by atoms with Crippen LogP contribution in [0.2, 0.25) is 0 Å². The molecule has 0 saturated heterocycles. The molecule has 3 N–H and O–H groups in total. The fourth-order valence-corrected chi connectivity index (χ4v) is 4.49. The molecule has 0 spiro atoms. The standard InChI is InChI=1S/C27H28N4O/c1-2-31-25-11-6-4-9-21(25)22-16-19(12-13-26(22)31)18-28-14-7-15-29-27(32)24-17-20-8-3-5-10-23(20)30-24/h3-6,8-13,16-17,28,30H,2,7,14-15,18H2,1H3,(H,29,32). The van der Waals surface area contributed by atoms with Crippen molar-refractivity contribution >= 4 is 38.6 Å². The monoisotopic (exact) mass is 424 g/mol. The van der Waals surface area contributed by atoms with E-state index in [1.165, 1.54) is 27.4 Å². The molecule has 0 aliphatic heterocycles. The molecule has 0 atom stereocenters. The summed E-state index contributed by atoms with van der Waals surface area (Å²) in [5.41, 5.74) is 5.45. The van der Waals surface area contributed by atoms with Crippen LogP contribution in [0.3, 0.4) is 0 Å². The fourth-order valence-electron chi connectivity index (χ4n) is 4.49. The van der Waals surface area contributed by atoms with Crippen LogP contribution in [-0.2, 0) is 13.1 Å². The molecule has 2 heterocycles. The van der Waals surface area contributed by atoms with Gasteiger partial charge in [-0.05, 0) is 55.8 Å². The Hall–Kier alpha value is -3.57. The number of rotatable bonds is 8. The lowest BCUT2D eigenvalue weighted by Crippen LogP contribution is -2.27. The van der Waals surface area contributed by atoms with E-state index in [4.69, 9.17) is 0 Å². The lowest BCUT2D eigenvalue weighted by molar-refractivity contribution is 0.0949. The normalized spacial score (nSPS) is 11.5. The second-order valence-corrected chi connectivity index (χ2v) is 8.17. The van der Waals surface area contributed by atoms with Crippen LogP contribution in [-0.4, -0.2) is 28.5 Å².